The summed E-state index contributed by atoms with van der Waals surface area (Å²) in [5.74, 6) is -2.53. The fourth-order valence-corrected chi connectivity index (χ4v) is 3.05. The van der Waals surface area contributed by atoms with E-state index in [0.717, 1.165) is 12.1 Å². The first-order chi connectivity index (χ1) is 14.1. The van der Waals surface area contributed by atoms with Gasteiger partial charge in [-0.3, -0.25) is 14.4 Å². The predicted molar refractivity (Wildman–Crippen MR) is 108 cm³/mol. The number of rotatable bonds is 4. The van der Waals surface area contributed by atoms with Gasteiger partial charge < -0.3 is 20.9 Å². The summed E-state index contributed by atoms with van der Waals surface area (Å²) in [6, 6.07) is 8.01. The number of nitrogens with zero attached hydrogens (tertiary/aromatic N) is 1. The lowest BCUT2D eigenvalue weighted by molar-refractivity contribution is -0.130. The molecule has 1 heterocycles. The monoisotopic (exact) mass is 416 g/mol. The van der Waals surface area contributed by atoms with E-state index in [1.807, 2.05) is 0 Å². The lowest BCUT2D eigenvalue weighted by atomic mass is 10.0. The summed E-state index contributed by atoms with van der Waals surface area (Å²) in [5.41, 5.74) is -0.231. The van der Waals surface area contributed by atoms with Gasteiger partial charge in [-0.05, 0) is 56.3 Å². The van der Waals surface area contributed by atoms with Gasteiger partial charge >= 0.3 is 0 Å². The van der Waals surface area contributed by atoms with Gasteiger partial charge in [0.1, 0.15) is 23.2 Å². The molecule has 0 aliphatic carbocycles. The summed E-state index contributed by atoms with van der Waals surface area (Å²) in [6.07, 6.45) is 0. The molecule has 1 aliphatic rings. The average Bonchev–Trinajstić information content (AvgIpc) is 2.80. The molecule has 3 amide bonds. The van der Waals surface area contributed by atoms with Crippen molar-refractivity contribution in [1.82, 2.24) is 10.6 Å². The van der Waals surface area contributed by atoms with E-state index in [1.165, 1.54) is 56.1 Å². The van der Waals surface area contributed by atoms with Crippen LogP contribution in [0.1, 0.15) is 24.2 Å². The third-order valence-corrected chi connectivity index (χ3v) is 4.85. The molecule has 7 nitrogen and oxygen atoms in total. The number of fused-ring (bicyclic) bond motifs is 1. The zero-order valence-corrected chi connectivity index (χ0v) is 16.8. The second-order valence-corrected chi connectivity index (χ2v) is 7.55. The van der Waals surface area contributed by atoms with Gasteiger partial charge in [0.15, 0.2) is 0 Å². The summed E-state index contributed by atoms with van der Waals surface area (Å²) >= 11 is 0. The molecule has 9 heteroatoms. The molecule has 0 unspecified atom stereocenters. The van der Waals surface area contributed by atoms with Gasteiger partial charge in [-0.25, -0.2) is 8.78 Å². The van der Waals surface area contributed by atoms with Crippen molar-refractivity contribution in [3.05, 3.63) is 59.7 Å². The van der Waals surface area contributed by atoms with Gasteiger partial charge in [-0.2, -0.15) is 0 Å². The van der Waals surface area contributed by atoms with Crippen molar-refractivity contribution in [3.63, 3.8) is 0 Å². The Morgan fingerprint density at radius 1 is 1.10 bits per heavy atom. The van der Waals surface area contributed by atoms with E-state index in [1.54, 1.807) is 0 Å². The first kappa shape index (κ1) is 21.2. The Morgan fingerprint density at radius 3 is 2.40 bits per heavy atom. The largest absolute Gasteiger partial charge is 0.381 e. The molecule has 3 rings (SSSR count). The Morgan fingerprint density at radius 2 is 1.73 bits per heavy atom. The first-order valence-corrected chi connectivity index (χ1v) is 9.28. The summed E-state index contributed by atoms with van der Waals surface area (Å²) in [6.45, 7) is 3.08. The molecule has 158 valence electrons. The molecule has 0 bridgehead atoms. The zero-order chi connectivity index (χ0) is 22.1. The summed E-state index contributed by atoms with van der Waals surface area (Å²) in [5, 5.41) is 8.24. The maximum absolute atomic E-state index is 13.6. The van der Waals surface area contributed by atoms with Crippen LogP contribution in [0, 0.1) is 11.6 Å². The van der Waals surface area contributed by atoms with E-state index >= 15 is 0 Å². The number of nitrogens with one attached hydrogen (secondary N) is 3. The van der Waals surface area contributed by atoms with Crippen LogP contribution in [0.15, 0.2) is 42.5 Å². The number of benzene rings is 2. The van der Waals surface area contributed by atoms with Gasteiger partial charge in [0.2, 0.25) is 5.91 Å². The van der Waals surface area contributed by atoms with Gasteiger partial charge in [0, 0.05) is 19.2 Å². The van der Waals surface area contributed by atoms with E-state index in [9.17, 15) is 23.2 Å². The van der Waals surface area contributed by atoms with Crippen LogP contribution >= 0.6 is 0 Å². The highest BCUT2D eigenvalue weighted by molar-refractivity contribution is 6.04. The lowest BCUT2D eigenvalue weighted by Crippen LogP contribution is -2.60. The SMILES string of the molecule is CN1C(=O)[C@H](NC(=O)C(C)(C)NC(=O)c2ccc(F)cc2)CNc2ccc(F)cc21. The van der Waals surface area contributed by atoms with E-state index < -0.39 is 40.9 Å². The van der Waals surface area contributed by atoms with Crippen LogP contribution in [0.25, 0.3) is 0 Å². The molecule has 0 fully saturated rings. The Kier molecular flexibility index (Phi) is 5.73. The fraction of sp³-hybridized carbons (Fsp3) is 0.286. The standard InChI is InChI=1S/C21H22F2N4O3/c1-21(2,26-18(28)12-4-6-13(22)7-5-12)20(30)25-16-11-24-15-9-8-14(23)10-17(15)27(3)19(16)29/h4-10,16,24H,11H2,1-3H3,(H,25,30)(H,26,28)/t16-/m1/s1. The van der Waals surface area contributed by atoms with Crippen LogP contribution < -0.4 is 20.9 Å². The molecular formula is C21H22F2N4O3. The molecule has 0 saturated carbocycles. The topological polar surface area (TPSA) is 90.5 Å². The number of amides is 3. The van der Waals surface area contributed by atoms with Crippen LogP contribution in [0.5, 0.6) is 0 Å². The fourth-order valence-electron chi connectivity index (χ4n) is 3.05. The van der Waals surface area contributed by atoms with Crippen molar-refractivity contribution in [2.45, 2.75) is 25.4 Å². The van der Waals surface area contributed by atoms with Gasteiger partial charge in [0.05, 0.1) is 11.4 Å². The van der Waals surface area contributed by atoms with Crippen molar-refractivity contribution in [1.29, 1.82) is 0 Å². The van der Waals surface area contributed by atoms with Crippen LogP contribution in [-0.4, -0.2) is 42.9 Å². The van der Waals surface area contributed by atoms with E-state index in [4.69, 9.17) is 0 Å². The molecule has 0 aromatic heterocycles. The Hall–Kier alpha value is -3.49. The molecule has 0 saturated heterocycles. The molecule has 1 aliphatic heterocycles. The van der Waals surface area contributed by atoms with Crippen LogP contribution in [0.4, 0.5) is 20.2 Å². The minimum Gasteiger partial charge on any atom is -0.381 e. The molecule has 1 atom stereocenters. The average molecular weight is 416 g/mol. The van der Waals surface area contributed by atoms with Gasteiger partial charge in [0.25, 0.3) is 11.8 Å². The molecule has 2 aromatic carbocycles. The molecule has 2 aromatic rings. The van der Waals surface area contributed by atoms with Crippen molar-refractivity contribution in [2.24, 2.45) is 0 Å². The number of carbonyl (C=O) groups is 3. The zero-order valence-electron chi connectivity index (χ0n) is 16.8. The maximum atomic E-state index is 13.6. The minimum atomic E-state index is -1.35. The van der Waals surface area contributed by atoms with E-state index in [-0.39, 0.29) is 12.1 Å². The number of likely N-dealkylation sites (N-methyl/N-ethyl adjacent to an activating group) is 1. The molecular weight excluding hydrogens is 394 g/mol. The lowest BCUT2D eigenvalue weighted by Gasteiger charge is -2.28. The predicted octanol–water partition coefficient (Wildman–Crippen LogP) is 2.05. The number of halogens is 2. The summed E-state index contributed by atoms with van der Waals surface area (Å²) in [7, 11) is 1.49. The minimum absolute atomic E-state index is 0.0928. The second-order valence-electron chi connectivity index (χ2n) is 7.55. The quantitative estimate of drug-likeness (QED) is 0.712. The van der Waals surface area contributed by atoms with Crippen molar-refractivity contribution in [3.8, 4) is 0 Å². The maximum Gasteiger partial charge on any atom is 0.252 e. The van der Waals surface area contributed by atoms with Crippen LogP contribution in [-0.2, 0) is 9.59 Å². The third-order valence-electron chi connectivity index (χ3n) is 4.85. The van der Waals surface area contributed by atoms with Crippen LogP contribution in [0.3, 0.4) is 0 Å². The van der Waals surface area contributed by atoms with E-state index in [2.05, 4.69) is 16.0 Å². The first-order valence-electron chi connectivity index (χ1n) is 9.28. The Labute approximate surface area is 172 Å². The highest BCUT2D eigenvalue weighted by Gasteiger charge is 2.35. The third kappa shape index (κ3) is 4.40. The number of hydrogen-bond acceptors (Lipinski definition) is 4. The van der Waals surface area contributed by atoms with Crippen LogP contribution in [0.2, 0.25) is 0 Å². The van der Waals surface area contributed by atoms with Gasteiger partial charge in [-0.1, -0.05) is 0 Å². The molecule has 0 spiro atoms. The molecule has 30 heavy (non-hydrogen) atoms. The summed E-state index contributed by atoms with van der Waals surface area (Å²) < 4.78 is 26.6. The van der Waals surface area contributed by atoms with Gasteiger partial charge in [-0.15, -0.1) is 0 Å². The van der Waals surface area contributed by atoms with E-state index in [0.29, 0.717) is 11.4 Å². The van der Waals surface area contributed by atoms with Crippen molar-refractivity contribution in [2.75, 3.05) is 23.8 Å². The number of anilines is 2. The normalized spacial score (nSPS) is 16.2. The van der Waals surface area contributed by atoms with Crippen molar-refractivity contribution >= 4 is 29.1 Å². The smallest absolute Gasteiger partial charge is 0.252 e. The van der Waals surface area contributed by atoms with Crippen molar-refractivity contribution < 1.29 is 23.2 Å². The highest BCUT2D eigenvalue weighted by Crippen LogP contribution is 2.28. The number of hydrogen-bond donors (Lipinski definition) is 3. The Bertz CT molecular complexity index is 992. The second kappa shape index (κ2) is 8.10. The molecule has 3 N–H and O–H groups in total. The summed E-state index contributed by atoms with van der Waals surface area (Å²) in [4.78, 5) is 39.2. The molecule has 0 radical (unpaired) electrons. The Balaban J connectivity index is 1.70. The highest BCUT2D eigenvalue weighted by atomic mass is 19.1. The number of carbonyl (C=O) groups excluding carboxylic acids is 3.